The lowest BCUT2D eigenvalue weighted by atomic mass is 10.2. The Morgan fingerprint density at radius 3 is 2.61 bits per heavy atom. The van der Waals surface area contributed by atoms with Crippen LogP contribution in [0.5, 0.6) is 0 Å². The molecule has 1 amide bonds. The van der Waals surface area contributed by atoms with E-state index in [-0.39, 0.29) is 23.8 Å². The Hall–Kier alpha value is -2.11. The van der Waals surface area contributed by atoms with Crippen molar-refractivity contribution in [2.45, 2.75) is 13.8 Å². The van der Waals surface area contributed by atoms with Crippen molar-refractivity contribution in [2.75, 3.05) is 25.0 Å². The summed E-state index contributed by atoms with van der Waals surface area (Å²) in [5.74, 6) is -0.937. The number of carboxylic acids is 1. The van der Waals surface area contributed by atoms with Crippen LogP contribution in [0, 0.1) is 0 Å². The van der Waals surface area contributed by atoms with Crippen LogP contribution in [-0.4, -0.2) is 46.5 Å². The van der Waals surface area contributed by atoms with Crippen LogP contribution in [0.4, 0.5) is 5.82 Å². The number of carbonyl (C=O) groups excluding carboxylic acids is 1. The van der Waals surface area contributed by atoms with Crippen molar-refractivity contribution in [1.29, 1.82) is 0 Å². The van der Waals surface area contributed by atoms with E-state index in [2.05, 4.69) is 10.3 Å². The van der Waals surface area contributed by atoms with E-state index < -0.39 is 5.97 Å². The lowest BCUT2D eigenvalue weighted by Crippen LogP contribution is -2.35. The van der Waals surface area contributed by atoms with E-state index in [9.17, 15) is 9.59 Å². The van der Waals surface area contributed by atoms with Gasteiger partial charge in [0.2, 0.25) is 5.91 Å². The zero-order valence-corrected chi connectivity index (χ0v) is 10.5. The van der Waals surface area contributed by atoms with Gasteiger partial charge in [0.25, 0.3) is 0 Å². The van der Waals surface area contributed by atoms with Crippen molar-refractivity contribution < 1.29 is 14.7 Å². The van der Waals surface area contributed by atoms with Crippen LogP contribution >= 0.6 is 0 Å². The van der Waals surface area contributed by atoms with Gasteiger partial charge in [0.15, 0.2) is 0 Å². The van der Waals surface area contributed by atoms with Crippen LogP contribution in [0.3, 0.4) is 0 Å². The monoisotopic (exact) mass is 251 g/mol. The summed E-state index contributed by atoms with van der Waals surface area (Å²) in [5.41, 5.74) is 0.0600. The molecule has 0 aliphatic carbocycles. The van der Waals surface area contributed by atoms with Crippen LogP contribution in [0.15, 0.2) is 18.3 Å². The van der Waals surface area contributed by atoms with Crippen LogP contribution in [0.2, 0.25) is 0 Å². The third kappa shape index (κ3) is 3.44. The molecular weight excluding hydrogens is 234 g/mol. The Bertz CT molecular complexity index is 430. The molecule has 2 N–H and O–H groups in total. The molecule has 0 unspecified atom stereocenters. The number of aromatic nitrogens is 1. The number of nitrogens with zero attached hydrogens (tertiary/aromatic N) is 2. The minimum Gasteiger partial charge on any atom is -0.478 e. The number of amides is 1. The first-order chi connectivity index (χ1) is 8.60. The molecule has 0 atom stereocenters. The smallest absolute Gasteiger partial charge is 0.339 e. The minimum atomic E-state index is -1.07. The topological polar surface area (TPSA) is 82.5 Å². The predicted molar refractivity (Wildman–Crippen MR) is 67.6 cm³/mol. The van der Waals surface area contributed by atoms with Crippen molar-refractivity contribution in [1.82, 2.24) is 9.88 Å². The number of anilines is 1. The highest BCUT2D eigenvalue weighted by atomic mass is 16.4. The summed E-state index contributed by atoms with van der Waals surface area (Å²) in [5, 5.41) is 11.7. The van der Waals surface area contributed by atoms with Gasteiger partial charge in [-0.2, -0.15) is 0 Å². The first-order valence-electron chi connectivity index (χ1n) is 5.80. The van der Waals surface area contributed by atoms with Crippen molar-refractivity contribution in [2.24, 2.45) is 0 Å². The molecular formula is C12H17N3O3. The molecule has 0 aromatic carbocycles. The minimum absolute atomic E-state index is 0.0406. The Labute approximate surface area is 106 Å². The van der Waals surface area contributed by atoms with Gasteiger partial charge in [-0.15, -0.1) is 0 Å². The molecule has 0 spiro atoms. The van der Waals surface area contributed by atoms with Gasteiger partial charge in [0.05, 0.1) is 6.54 Å². The molecule has 0 aliphatic rings. The van der Waals surface area contributed by atoms with Gasteiger partial charge in [-0.05, 0) is 26.0 Å². The number of nitrogens with one attached hydrogen (secondary N) is 1. The fraction of sp³-hybridized carbons (Fsp3) is 0.417. The van der Waals surface area contributed by atoms with Crippen molar-refractivity contribution in [3.63, 3.8) is 0 Å². The fourth-order valence-electron chi connectivity index (χ4n) is 1.57. The molecule has 18 heavy (non-hydrogen) atoms. The van der Waals surface area contributed by atoms with E-state index in [1.807, 2.05) is 13.8 Å². The Balaban J connectivity index is 2.69. The molecule has 0 fully saturated rings. The maximum atomic E-state index is 11.7. The summed E-state index contributed by atoms with van der Waals surface area (Å²) >= 11 is 0. The van der Waals surface area contributed by atoms with Gasteiger partial charge in [-0.25, -0.2) is 9.78 Å². The maximum Gasteiger partial charge on any atom is 0.339 e. The van der Waals surface area contributed by atoms with Gasteiger partial charge in [0.1, 0.15) is 11.4 Å². The predicted octanol–water partition coefficient (Wildman–Crippen LogP) is 1.06. The van der Waals surface area contributed by atoms with Crippen LogP contribution in [0.1, 0.15) is 24.2 Å². The number of rotatable bonds is 6. The number of aromatic carboxylic acids is 1. The molecule has 1 rings (SSSR count). The molecule has 1 heterocycles. The number of hydrogen-bond acceptors (Lipinski definition) is 4. The standard InChI is InChI=1S/C12H17N3O3/c1-3-15(4-2)10(16)8-14-11-9(12(17)18)6-5-7-13-11/h5-7H,3-4,8H2,1-2H3,(H,13,14)(H,17,18). The molecule has 6 nitrogen and oxygen atoms in total. The molecule has 98 valence electrons. The molecule has 0 bridgehead atoms. The second-order valence-corrected chi connectivity index (χ2v) is 3.62. The number of likely N-dealkylation sites (N-methyl/N-ethyl adjacent to an activating group) is 1. The first kappa shape index (κ1) is 14.0. The van der Waals surface area contributed by atoms with Crippen molar-refractivity contribution in [3.05, 3.63) is 23.9 Å². The van der Waals surface area contributed by atoms with Gasteiger partial charge in [-0.3, -0.25) is 4.79 Å². The number of pyridine rings is 1. The summed E-state index contributed by atoms with van der Waals surface area (Å²) in [4.78, 5) is 28.3. The fourth-order valence-corrected chi connectivity index (χ4v) is 1.57. The Morgan fingerprint density at radius 1 is 1.39 bits per heavy atom. The number of carboxylic acid groups (broad SMARTS) is 1. The zero-order chi connectivity index (χ0) is 13.5. The van der Waals surface area contributed by atoms with Gasteiger partial charge < -0.3 is 15.3 Å². The Kier molecular flexibility index (Phi) is 5.10. The van der Waals surface area contributed by atoms with Gasteiger partial charge in [0, 0.05) is 19.3 Å². The van der Waals surface area contributed by atoms with Gasteiger partial charge in [-0.1, -0.05) is 0 Å². The number of carbonyl (C=O) groups is 2. The summed E-state index contributed by atoms with van der Waals surface area (Å²) in [7, 11) is 0. The highest BCUT2D eigenvalue weighted by Gasteiger charge is 2.13. The van der Waals surface area contributed by atoms with Crippen molar-refractivity contribution in [3.8, 4) is 0 Å². The Morgan fingerprint density at radius 2 is 2.06 bits per heavy atom. The highest BCUT2D eigenvalue weighted by molar-refractivity contribution is 5.93. The molecule has 0 saturated carbocycles. The summed E-state index contributed by atoms with van der Waals surface area (Å²) in [6.07, 6.45) is 1.48. The first-order valence-corrected chi connectivity index (χ1v) is 5.80. The third-order valence-electron chi connectivity index (χ3n) is 2.56. The molecule has 0 radical (unpaired) electrons. The van der Waals surface area contributed by atoms with Gasteiger partial charge >= 0.3 is 5.97 Å². The zero-order valence-electron chi connectivity index (χ0n) is 10.5. The summed E-state index contributed by atoms with van der Waals surface area (Å²) < 4.78 is 0. The van der Waals surface area contributed by atoms with Crippen molar-refractivity contribution >= 4 is 17.7 Å². The molecule has 0 saturated heterocycles. The normalized spacial score (nSPS) is 9.89. The summed E-state index contributed by atoms with van der Waals surface area (Å²) in [6.45, 7) is 5.09. The van der Waals surface area contributed by atoms with E-state index >= 15 is 0 Å². The quantitative estimate of drug-likeness (QED) is 0.790. The maximum absolute atomic E-state index is 11.7. The molecule has 6 heteroatoms. The van der Waals surface area contributed by atoms with Crippen LogP contribution in [-0.2, 0) is 4.79 Å². The average Bonchev–Trinajstić information content (AvgIpc) is 2.38. The second-order valence-electron chi connectivity index (χ2n) is 3.62. The van der Waals surface area contributed by atoms with Crippen LogP contribution < -0.4 is 5.32 Å². The molecule has 1 aromatic rings. The largest absolute Gasteiger partial charge is 0.478 e. The lowest BCUT2D eigenvalue weighted by Gasteiger charge is -2.19. The van der Waals surface area contributed by atoms with E-state index in [0.29, 0.717) is 13.1 Å². The van der Waals surface area contributed by atoms with E-state index in [0.717, 1.165) is 0 Å². The average molecular weight is 251 g/mol. The van der Waals surface area contributed by atoms with E-state index in [4.69, 9.17) is 5.11 Å². The second kappa shape index (κ2) is 6.58. The van der Waals surface area contributed by atoms with Crippen LogP contribution in [0.25, 0.3) is 0 Å². The molecule has 1 aromatic heterocycles. The SMILES string of the molecule is CCN(CC)C(=O)CNc1ncccc1C(=O)O. The lowest BCUT2D eigenvalue weighted by molar-refractivity contribution is -0.128. The summed E-state index contributed by atoms with van der Waals surface area (Å²) in [6, 6.07) is 2.99. The molecule has 0 aliphatic heterocycles. The van der Waals surface area contributed by atoms with E-state index in [1.165, 1.54) is 12.3 Å². The van der Waals surface area contributed by atoms with E-state index in [1.54, 1.807) is 11.0 Å². The third-order valence-corrected chi connectivity index (χ3v) is 2.56. The number of hydrogen-bond donors (Lipinski definition) is 2. The highest BCUT2D eigenvalue weighted by Crippen LogP contribution is 2.10.